The summed E-state index contributed by atoms with van der Waals surface area (Å²) in [5.41, 5.74) is 0.857. The third-order valence-corrected chi connectivity index (χ3v) is 5.91. The molecule has 2 aliphatic rings. The number of hydrogen-bond donors (Lipinski definition) is 3. The van der Waals surface area contributed by atoms with Gasteiger partial charge in [0.25, 0.3) is 0 Å². The second-order valence-electron chi connectivity index (χ2n) is 7.96. The fraction of sp³-hybridized carbons (Fsp3) is 0.545. The number of amides is 1. The van der Waals surface area contributed by atoms with Crippen molar-refractivity contribution < 1.29 is 9.53 Å². The van der Waals surface area contributed by atoms with Gasteiger partial charge in [-0.25, -0.2) is 0 Å². The molecule has 6 heteroatoms. The summed E-state index contributed by atoms with van der Waals surface area (Å²) in [6.07, 6.45) is 5.68. The lowest BCUT2D eigenvalue weighted by atomic mass is 9.80. The highest BCUT2D eigenvalue weighted by molar-refractivity contribution is 5.84. The van der Waals surface area contributed by atoms with E-state index in [9.17, 15) is 4.79 Å². The first-order valence-corrected chi connectivity index (χ1v) is 10.5. The largest absolute Gasteiger partial charge is 0.489 e. The van der Waals surface area contributed by atoms with Crippen LogP contribution in [-0.2, 0) is 4.79 Å². The number of carbonyl (C=O) groups excluding carboxylic acids is 1. The van der Waals surface area contributed by atoms with E-state index in [-0.39, 0.29) is 5.91 Å². The van der Waals surface area contributed by atoms with Gasteiger partial charge in [-0.05, 0) is 62.9 Å². The van der Waals surface area contributed by atoms with E-state index in [0.29, 0.717) is 25.6 Å². The van der Waals surface area contributed by atoms with E-state index in [1.165, 1.54) is 6.42 Å². The van der Waals surface area contributed by atoms with Crippen LogP contribution in [0.2, 0.25) is 0 Å². The van der Waals surface area contributed by atoms with E-state index in [2.05, 4.69) is 20.9 Å². The summed E-state index contributed by atoms with van der Waals surface area (Å²) in [5.74, 6) is 2.37. The van der Waals surface area contributed by atoms with Crippen LogP contribution in [0.5, 0.6) is 5.75 Å². The summed E-state index contributed by atoms with van der Waals surface area (Å²) < 4.78 is 5.82. The smallest absolute Gasteiger partial charge is 0.220 e. The van der Waals surface area contributed by atoms with Crippen LogP contribution in [0, 0.1) is 11.8 Å². The summed E-state index contributed by atoms with van der Waals surface area (Å²) in [6, 6.07) is 10.4. The SMILES string of the molecule is O=C(CCC[C@@H]1NC[C@@H]2CNC[C@H]1C2)NCCOc1cccc2cccnc12. The number of fused-ring (bicyclic) bond motifs is 3. The van der Waals surface area contributed by atoms with Gasteiger partial charge in [-0.3, -0.25) is 9.78 Å². The number of hydrogen-bond acceptors (Lipinski definition) is 5. The van der Waals surface area contributed by atoms with Crippen LogP contribution in [0.4, 0.5) is 0 Å². The highest BCUT2D eigenvalue weighted by Crippen LogP contribution is 2.26. The predicted octanol–water partition coefficient (Wildman–Crippen LogP) is 2.10. The molecule has 0 radical (unpaired) electrons. The maximum atomic E-state index is 12.1. The van der Waals surface area contributed by atoms with Gasteiger partial charge in [-0.1, -0.05) is 18.2 Å². The van der Waals surface area contributed by atoms with E-state index in [4.69, 9.17) is 4.74 Å². The Bertz CT molecular complexity index is 792. The van der Waals surface area contributed by atoms with Gasteiger partial charge in [0.05, 0.1) is 6.54 Å². The molecule has 1 amide bonds. The minimum Gasteiger partial charge on any atom is -0.489 e. The molecule has 4 rings (SSSR count). The van der Waals surface area contributed by atoms with Crippen molar-refractivity contribution in [3.8, 4) is 5.75 Å². The van der Waals surface area contributed by atoms with Crippen molar-refractivity contribution in [2.75, 3.05) is 32.8 Å². The first-order chi connectivity index (χ1) is 13.8. The summed E-state index contributed by atoms with van der Waals surface area (Å²) >= 11 is 0. The summed E-state index contributed by atoms with van der Waals surface area (Å²) in [7, 11) is 0. The summed E-state index contributed by atoms with van der Waals surface area (Å²) in [5, 5.41) is 11.2. The first kappa shape index (κ1) is 19.2. The highest BCUT2D eigenvalue weighted by atomic mass is 16.5. The second-order valence-corrected chi connectivity index (χ2v) is 7.96. The number of piperidine rings is 2. The molecule has 28 heavy (non-hydrogen) atoms. The fourth-order valence-electron chi connectivity index (χ4n) is 4.47. The number of benzene rings is 1. The molecular formula is C22H30N4O2. The Balaban J connectivity index is 1.13. The molecule has 1 aromatic carbocycles. The zero-order chi connectivity index (χ0) is 19.2. The van der Waals surface area contributed by atoms with Gasteiger partial charge >= 0.3 is 0 Å². The molecule has 0 saturated carbocycles. The number of pyridine rings is 1. The standard InChI is InChI=1S/C22H30N4O2/c27-21(8-2-6-19-18-12-16(14-26-19)13-23-15-18)24-10-11-28-20-7-1-4-17-5-3-9-25-22(17)20/h1,3-5,7,9,16,18-19,23,26H,2,6,8,10-15H2,(H,24,27)/t16-,18+,19-/m0/s1. The van der Waals surface area contributed by atoms with Crippen molar-refractivity contribution in [2.24, 2.45) is 11.8 Å². The minimum absolute atomic E-state index is 0.107. The van der Waals surface area contributed by atoms with Gasteiger partial charge in [-0.2, -0.15) is 0 Å². The van der Waals surface area contributed by atoms with Crippen molar-refractivity contribution in [2.45, 2.75) is 31.7 Å². The Morgan fingerprint density at radius 3 is 3.11 bits per heavy atom. The van der Waals surface area contributed by atoms with Gasteiger partial charge < -0.3 is 20.7 Å². The Kier molecular flexibility index (Phi) is 6.39. The van der Waals surface area contributed by atoms with Crippen LogP contribution in [-0.4, -0.2) is 49.7 Å². The average molecular weight is 383 g/mol. The zero-order valence-electron chi connectivity index (χ0n) is 16.3. The van der Waals surface area contributed by atoms with Crippen LogP contribution in [0.15, 0.2) is 36.5 Å². The second kappa shape index (κ2) is 9.34. The van der Waals surface area contributed by atoms with E-state index < -0.39 is 0 Å². The molecule has 2 saturated heterocycles. The average Bonchev–Trinajstić information content (AvgIpc) is 2.73. The maximum absolute atomic E-state index is 12.1. The van der Waals surface area contributed by atoms with Gasteiger partial charge in [0.1, 0.15) is 17.9 Å². The number of nitrogens with one attached hydrogen (secondary N) is 3. The quantitative estimate of drug-likeness (QED) is 0.610. The lowest BCUT2D eigenvalue weighted by Gasteiger charge is -2.41. The van der Waals surface area contributed by atoms with Gasteiger partial charge in [-0.15, -0.1) is 0 Å². The normalized spacial score (nSPS) is 24.1. The predicted molar refractivity (Wildman–Crippen MR) is 110 cm³/mol. The first-order valence-electron chi connectivity index (χ1n) is 10.5. The Morgan fingerprint density at radius 1 is 1.21 bits per heavy atom. The topological polar surface area (TPSA) is 75.3 Å². The molecule has 150 valence electrons. The van der Waals surface area contributed by atoms with Crippen molar-refractivity contribution >= 4 is 16.8 Å². The van der Waals surface area contributed by atoms with E-state index >= 15 is 0 Å². The third-order valence-electron chi connectivity index (χ3n) is 5.91. The zero-order valence-corrected chi connectivity index (χ0v) is 16.3. The fourth-order valence-corrected chi connectivity index (χ4v) is 4.47. The van der Waals surface area contributed by atoms with Crippen molar-refractivity contribution in [1.82, 2.24) is 20.9 Å². The molecule has 0 spiro atoms. The van der Waals surface area contributed by atoms with Gasteiger partial charge in [0.2, 0.25) is 5.91 Å². The Labute approximate surface area is 166 Å². The van der Waals surface area contributed by atoms with Gasteiger partial charge in [0, 0.05) is 24.0 Å². The number of carbonyl (C=O) groups is 1. The monoisotopic (exact) mass is 382 g/mol. The van der Waals surface area contributed by atoms with Gasteiger partial charge in [0.15, 0.2) is 0 Å². The van der Waals surface area contributed by atoms with Crippen LogP contribution in [0.25, 0.3) is 10.9 Å². The lowest BCUT2D eigenvalue weighted by molar-refractivity contribution is -0.121. The number of para-hydroxylation sites is 1. The molecule has 2 bridgehead atoms. The highest BCUT2D eigenvalue weighted by Gasteiger charge is 2.32. The molecule has 2 aliphatic heterocycles. The molecule has 2 fully saturated rings. The Hall–Kier alpha value is -2.18. The number of ether oxygens (including phenoxy) is 1. The minimum atomic E-state index is 0.107. The van der Waals surface area contributed by atoms with Crippen molar-refractivity contribution in [3.63, 3.8) is 0 Å². The third kappa shape index (κ3) is 4.80. The lowest BCUT2D eigenvalue weighted by Crippen LogP contribution is -2.54. The maximum Gasteiger partial charge on any atom is 0.220 e. The molecule has 3 N–H and O–H groups in total. The van der Waals surface area contributed by atoms with E-state index in [1.54, 1.807) is 6.20 Å². The van der Waals surface area contributed by atoms with Crippen molar-refractivity contribution in [3.05, 3.63) is 36.5 Å². The van der Waals surface area contributed by atoms with Crippen LogP contribution in [0.3, 0.4) is 0 Å². The van der Waals surface area contributed by atoms with Crippen LogP contribution in [0.1, 0.15) is 25.7 Å². The molecule has 0 unspecified atom stereocenters. The number of nitrogens with zero attached hydrogens (tertiary/aromatic N) is 1. The summed E-state index contributed by atoms with van der Waals surface area (Å²) in [6.45, 7) is 4.33. The Morgan fingerprint density at radius 2 is 2.14 bits per heavy atom. The molecule has 6 nitrogen and oxygen atoms in total. The number of aromatic nitrogens is 1. The molecular weight excluding hydrogens is 352 g/mol. The molecule has 0 aliphatic carbocycles. The molecule has 3 atom stereocenters. The van der Waals surface area contributed by atoms with Crippen LogP contribution < -0.4 is 20.7 Å². The molecule has 3 heterocycles. The molecule has 1 aromatic heterocycles. The van der Waals surface area contributed by atoms with Crippen molar-refractivity contribution in [1.29, 1.82) is 0 Å². The number of rotatable bonds is 8. The van der Waals surface area contributed by atoms with E-state index in [1.807, 2.05) is 30.3 Å². The summed E-state index contributed by atoms with van der Waals surface area (Å²) in [4.78, 5) is 16.5. The van der Waals surface area contributed by atoms with Crippen LogP contribution >= 0.6 is 0 Å². The molecule has 2 aromatic rings. The van der Waals surface area contributed by atoms with E-state index in [0.717, 1.165) is 61.0 Å².